The Bertz CT molecular complexity index is 664. The smallest absolute Gasteiger partial charge is 0.247 e. The second-order valence-corrected chi connectivity index (χ2v) is 9.88. The molecule has 2 atom stereocenters. The van der Waals surface area contributed by atoms with Crippen LogP contribution in [0.25, 0.3) is 0 Å². The molecule has 1 aromatic carbocycles. The molecule has 0 bridgehead atoms. The molecule has 3 fully saturated rings. The van der Waals surface area contributed by atoms with Crippen LogP contribution in [0.15, 0.2) is 30.3 Å². The van der Waals surface area contributed by atoms with E-state index in [4.69, 9.17) is 0 Å². The molecule has 1 aliphatic carbocycles. The lowest BCUT2D eigenvalue weighted by atomic mass is 9.70. The number of carbonyl (C=O) groups is 1. The van der Waals surface area contributed by atoms with Crippen molar-refractivity contribution in [2.24, 2.45) is 11.3 Å². The molecule has 4 rings (SSSR count). The van der Waals surface area contributed by atoms with Gasteiger partial charge in [-0.2, -0.15) is 0 Å². The second kappa shape index (κ2) is 8.23. The van der Waals surface area contributed by atoms with Gasteiger partial charge in [0.25, 0.3) is 0 Å². The number of piperidine rings is 1. The first-order valence-corrected chi connectivity index (χ1v) is 10.8. The molecule has 1 aromatic rings. The quantitative estimate of drug-likeness (QED) is 0.789. The molecule has 0 radical (unpaired) electrons. The third kappa shape index (κ3) is 3.91. The van der Waals surface area contributed by atoms with E-state index in [1.54, 1.807) is 0 Å². The van der Waals surface area contributed by atoms with E-state index < -0.39 is 0 Å². The fourth-order valence-electron chi connectivity index (χ4n) is 5.57. The van der Waals surface area contributed by atoms with Crippen LogP contribution in [0.2, 0.25) is 0 Å². The number of benzene rings is 1. The van der Waals surface area contributed by atoms with Gasteiger partial charge in [-0.05, 0) is 55.6 Å². The minimum absolute atomic E-state index is 0. The molecule has 1 N–H and O–H groups in total. The van der Waals surface area contributed by atoms with E-state index in [2.05, 4.69) is 60.2 Å². The van der Waals surface area contributed by atoms with Crippen LogP contribution < -0.4 is 10.2 Å². The largest absolute Gasteiger partial charge is 0.339 e. The molecule has 1 spiro atoms. The molecule has 5 heteroatoms. The Kier molecular flexibility index (Phi) is 6.31. The minimum Gasteiger partial charge on any atom is -0.339 e. The topological polar surface area (TPSA) is 35.6 Å². The lowest BCUT2D eigenvalue weighted by Crippen LogP contribution is -2.58. The first-order valence-electron chi connectivity index (χ1n) is 10.8. The average molecular weight is 406 g/mol. The number of halogens is 1. The van der Waals surface area contributed by atoms with E-state index in [0.717, 1.165) is 37.5 Å². The third-order valence-corrected chi connectivity index (χ3v) is 7.42. The highest BCUT2D eigenvalue weighted by molar-refractivity contribution is 5.93. The Morgan fingerprint density at radius 3 is 2.39 bits per heavy atom. The number of amides is 1. The van der Waals surface area contributed by atoms with Crippen molar-refractivity contribution in [2.75, 3.05) is 24.7 Å². The lowest BCUT2D eigenvalue weighted by molar-refractivity contribution is -0.125. The molecule has 2 heterocycles. The van der Waals surface area contributed by atoms with Gasteiger partial charge in [0.1, 0.15) is 5.54 Å². The number of nitrogens with zero attached hydrogens (tertiary/aromatic N) is 2. The molecule has 2 aliphatic heterocycles. The number of hydrogen-bond donors (Lipinski definition) is 1. The molecule has 156 valence electrons. The number of para-hydroxylation sites is 1. The first kappa shape index (κ1) is 21.4. The predicted octanol–water partition coefficient (Wildman–Crippen LogP) is 4.44. The molecule has 3 aliphatic rings. The van der Waals surface area contributed by atoms with Gasteiger partial charge in [0, 0.05) is 24.8 Å². The van der Waals surface area contributed by atoms with Crippen molar-refractivity contribution in [2.45, 2.75) is 70.9 Å². The zero-order valence-corrected chi connectivity index (χ0v) is 18.4. The van der Waals surface area contributed by atoms with Gasteiger partial charge in [0.15, 0.2) is 0 Å². The predicted molar refractivity (Wildman–Crippen MR) is 118 cm³/mol. The van der Waals surface area contributed by atoms with Gasteiger partial charge >= 0.3 is 0 Å². The van der Waals surface area contributed by atoms with Crippen LogP contribution in [0.4, 0.5) is 5.69 Å². The van der Waals surface area contributed by atoms with Gasteiger partial charge in [0.2, 0.25) is 5.91 Å². The number of nitrogens with one attached hydrogen (secondary N) is 1. The molecular formula is C23H36ClN3O. The Labute approximate surface area is 176 Å². The highest BCUT2D eigenvalue weighted by atomic mass is 35.5. The summed E-state index contributed by atoms with van der Waals surface area (Å²) in [6.45, 7) is 9.90. The van der Waals surface area contributed by atoms with E-state index in [1.807, 2.05) is 6.07 Å². The van der Waals surface area contributed by atoms with Crippen LogP contribution in [-0.4, -0.2) is 42.1 Å². The first-order chi connectivity index (χ1) is 12.9. The number of rotatable bonds is 2. The second-order valence-electron chi connectivity index (χ2n) is 9.88. The highest BCUT2D eigenvalue weighted by Gasteiger charge is 2.51. The van der Waals surface area contributed by atoms with Crippen LogP contribution >= 0.6 is 12.4 Å². The Hall–Kier alpha value is -1.26. The van der Waals surface area contributed by atoms with Gasteiger partial charge < -0.3 is 15.1 Å². The van der Waals surface area contributed by atoms with Crippen LogP contribution in [0.1, 0.15) is 59.3 Å². The summed E-state index contributed by atoms with van der Waals surface area (Å²) in [5.74, 6) is 1.05. The van der Waals surface area contributed by atoms with Crippen LogP contribution in [-0.2, 0) is 4.79 Å². The maximum atomic E-state index is 12.8. The summed E-state index contributed by atoms with van der Waals surface area (Å²) in [5.41, 5.74) is 1.22. The maximum absolute atomic E-state index is 12.8. The number of carbonyl (C=O) groups excluding carboxylic acids is 1. The summed E-state index contributed by atoms with van der Waals surface area (Å²) in [5, 5.41) is 3.12. The molecule has 2 unspecified atom stereocenters. The van der Waals surface area contributed by atoms with E-state index in [-0.39, 0.29) is 23.9 Å². The average Bonchev–Trinajstić information content (AvgIpc) is 2.98. The zero-order chi connectivity index (χ0) is 19.1. The normalized spacial score (nSPS) is 28.1. The van der Waals surface area contributed by atoms with Crippen molar-refractivity contribution in [1.82, 2.24) is 10.2 Å². The Morgan fingerprint density at radius 1 is 1.07 bits per heavy atom. The molecule has 1 saturated carbocycles. The van der Waals surface area contributed by atoms with E-state index in [0.29, 0.717) is 18.1 Å². The number of anilines is 1. The fourth-order valence-corrected chi connectivity index (χ4v) is 5.57. The SMILES string of the molecule is CC(C)(C)C1CCCC(N2CCC3(CC2)C(=O)NCN3c2ccccc2)C1.Cl. The third-order valence-electron chi connectivity index (χ3n) is 7.42. The van der Waals surface area contributed by atoms with Crippen molar-refractivity contribution < 1.29 is 4.79 Å². The Balaban J connectivity index is 0.00000225. The maximum Gasteiger partial charge on any atom is 0.247 e. The number of likely N-dealkylation sites (tertiary alicyclic amines) is 1. The van der Waals surface area contributed by atoms with Crippen molar-refractivity contribution in [3.63, 3.8) is 0 Å². The van der Waals surface area contributed by atoms with E-state index >= 15 is 0 Å². The van der Waals surface area contributed by atoms with Crippen molar-refractivity contribution >= 4 is 24.0 Å². The highest BCUT2D eigenvalue weighted by Crippen LogP contribution is 2.42. The number of hydrogen-bond acceptors (Lipinski definition) is 3. The standard InChI is InChI=1S/C23H35N3O.ClH/c1-22(2,3)18-8-7-11-20(16-18)25-14-12-23(13-15-25)21(27)24-17-26(23)19-9-5-4-6-10-19;/h4-6,9-10,18,20H,7-8,11-17H2,1-3H3,(H,24,27);1H. The van der Waals surface area contributed by atoms with Crippen molar-refractivity contribution in [1.29, 1.82) is 0 Å². The molecule has 1 amide bonds. The van der Waals surface area contributed by atoms with Crippen LogP contribution in [0, 0.1) is 11.3 Å². The van der Waals surface area contributed by atoms with Crippen LogP contribution in [0.3, 0.4) is 0 Å². The summed E-state index contributed by atoms with van der Waals surface area (Å²) < 4.78 is 0. The minimum atomic E-state index is -0.351. The summed E-state index contributed by atoms with van der Waals surface area (Å²) >= 11 is 0. The van der Waals surface area contributed by atoms with Gasteiger partial charge in [0.05, 0.1) is 6.67 Å². The van der Waals surface area contributed by atoms with Crippen LogP contribution in [0.5, 0.6) is 0 Å². The van der Waals surface area contributed by atoms with E-state index in [9.17, 15) is 4.79 Å². The van der Waals surface area contributed by atoms with Crippen molar-refractivity contribution in [3.05, 3.63) is 30.3 Å². The van der Waals surface area contributed by atoms with Gasteiger partial charge in [-0.15, -0.1) is 12.4 Å². The summed E-state index contributed by atoms with van der Waals surface area (Å²) in [6, 6.07) is 11.1. The van der Waals surface area contributed by atoms with Crippen molar-refractivity contribution in [3.8, 4) is 0 Å². The monoisotopic (exact) mass is 405 g/mol. The zero-order valence-electron chi connectivity index (χ0n) is 17.6. The molecule has 4 nitrogen and oxygen atoms in total. The summed E-state index contributed by atoms with van der Waals surface area (Å²) in [6.07, 6.45) is 7.25. The van der Waals surface area contributed by atoms with Gasteiger partial charge in [-0.25, -0.2) is 0 Å². The van der Waals surface area contributed by atoms with Gasteiger partial charge in [-0.1, -0.05) is 45.4 Å². The molecule has 28 heavy (non-hydrogen) atoms. The Morgan fingerprint density at radius 2 is 1.75 bits per heavy atom. The van der Waals surface area contributed by atoms with E-state index in [1.165, 1.54) is 25.7 Å². The molecular weight excluding hydrogens is 370 g/mol. The molecule has 2 saturated heterocycles. The lowest BCUT2D eigenvalue weighted by Gasteiger charge is -2.48. The molecule has 0 aromatic heterocycles. The summed E-state index contributed by atoms with van der Waals surface area (Å²) in [7, 11) is 0. The fraction of sp³-hybridized carbons (Fsp3) is 0.696. The summed E-state index contributed by atoms with van der Waals surface area (Å²) in [4.78, 5) is 17.8. The van der Waals surface area contributed by atoms with Gasteiger partial charge in [-0.3, -0.25) is 4.79 Å².